The summed E-state index contributed by atoms with van der Waals surface area (Å²) < 4.78 is 23.1. The number of nitrogens with zero attached hydrogens (tertiary/aromatic N) is 5. The molecular formula is C17H21FN6O3. The maximum Gasteiger partial charge on any atom is 0.324 e. The van der Waals surface area contributed by atoms with E-state index in [0.29, 0.717) is 37.8 Å². The van der Waals surface area contributed by atoms with E-state index in [-0.39, 0.29) is 30.3 Å². The van der Waals surface area contributed by atoms with Crippen LogP contribution >= 0.6 is 0 Å². The molecule has 0 unspecified atom stereocenters. The highest BCUT2D eigenvalue weighted by Gasteiger charge is 2.22. The molecule has 0 spiro atoms. The molecule has 144 valence electrons. The van der Waals surface area contributed by atoms with Gasteiger partial charge in [0.05, 0.1) is 20.8 Å². The van der Waals surface area contributed by atoms with Gasteiger partial charge in [-0.15, -0.1) is 4.98 Å². The summed E-state index contributed by atoms with van der Waals surface area (Å²) in [6.45, 7) is 2.91. The van der Waals surface area contributed by atoms with Gasteiger partial charge >= 0.3 is 12.0 Å². The number of rotatable bonds is 6. The lowest BCUT2D eigenvalue weighted by Gasteiger charge is -2.34. The summed E-state index contributed by atoms with van der Waals surface area (Å²) in [6, 6.07) is 6.08. The Bertz CT molecular complexity index is 758. The Morgan fingerprint density at radius 2 is 1.63 bits per heavy atom. The molecule has 1 aromatic heterocycles. The average Bonchev–Trinajstić information content (AvgIpc) is 2.69. The Morgan fingerprint density at radius 1 is 1.04 bits per heavy atom. The molecule has 10 heteroatoms. The number of anilines is 2. The first-order valence-corrected chi connectivity index (χ1v) is 8.44. The summed E-state index contributed by atoms with van der Waals surface area (Å²) in [5.41, 5.74) is 0.574. The third-order valence-electron chi connectivity index (χ3n) is 4.10. The van der Waals surface area contributed by atoms with E-state index in [2.05, 4.69) is 20.3 Å². The van der Waals surface area contributed by atoms with Gasteiger partial charge in [-0.3, -0.25) is 9.69 Å². The number of ether oxygens (including phenoxy) is 2. The molecule has 1 N–H and O–H groups in total. The fraction of sp³-hybridized carbons (Fsp3) is 0.412. The first-order valence-electron chi connectivity index (χ1n) is 8.44. The molecular weight excluding hydrogens is 355 g/mol. The number of hydrogen-bond donors (Lipinski definition) is 1. The van der Waals surface area contributed by atoms with Gasteiger partial charge in [0.2, 0.25) is 11.9 Å². The number of methoxy groups -OCH3 is 2. The maximum absolute atomic E-state index is 12.9. The highest BCUT2D eigenvalue weighted by atomic mass is 19.1. The second-order valence-electron chi connectivity index (χ2n) is 5.93. The van der Waals surface area contributed by atoms with Gasteiger partial charge in [-0.2, -0.15) is 9.97 Å². The third kappa shape index (κ3) is 5.00. The average molecular weight is 376 g/mol. The van der Waals surface area contributed by atoms with E-state index in [1.165, 1.54) is 38.5 Å². The van der Waals surface area contributed by atoms with E-state index in [1.807, 2.05) is 9.80 Å². The minimum absolute atomic E-state index is 0.140. The van der Waals surface area contributed by atoms with Crippen molar-refractivity contribution in [2.24, 2.45) is 0 Å². The molecule has 0 atom stereocenters. The number of amides is 1. The Labute approximate surface area is 156 Å². The van der Waals surface area contributed by atoms with Crippen LogP contribution in [0.4, 0.5) is 16.0 Å². The second kappa shape index (κ2) is 8.58. The minimum Gasteiger partial charge on any atom is -0.467 e. The molecule has 1 amide bonds. The molecule has 1 aliphatic rings. The lowest BCUT2D eigenvalue weighted by molar-refractivity contribution is -0.117. The number of benzene rings is 1. The molecule has 0 radical (unpaired) electrons. The third-order valence-corrected chi connectivity index (χ3v) is 4.10. The predicted molar refractivity (Wildman–Crippen MR) is 96.6 cm³/mol. The van der Waals surface area contributed by atoms with Crippen molar-refractivity contribution in [2.45, 2.75) is 0 Å². The minimum atomic E-state index is -0.337. The molecule has 1 fully saturated rings. The van der Waals surface area contributed by atoms with E-state index in [9.17, 15) is 9.18 Å². The van der Waals surface area contributed by atoms with E-state index in [4.69, 9.17) is 9.47 Å². The summed E-state index contributed by atoms with van der Waals surface area (Å²) in [5.74, 6) is 0.00313. The first-order chi connectivity index (χ1) is 13.1. The zero-order valence-electron chi connectivity index (χ0n) is 15.2. The standard InChI is InChI=1S/C17H21FN6O3/c1-26-16-20-15(21-17(22-16)27-2)24-9-7-23(8-10-24)11-14(25)19-13-5-3-12(18)4-6-13/h3-6H,7-11H2,1-2H3,(H,19,25). The smallest absolute Gasteiger partial charge is 0.324 e. The Balaban J connectivity index is 1.53. The zero-order valence-corrected chi connectivity index (χ0v) is 15.2. The number of carbonyl (C=O) groups is 1. The molecule has 0 aliphatic carbocycles. The number of aromatic nitrogens is 3. The van der Waals surface area contributed by atoms with Gasteiger partial charge in [0, 0.05) is 31.9 Å². The number of hydrogen-bond acceptors (Lipinski definition) is 8. The van der Waals surface area contributed by atoms with Crippen molar-refractivity contribution in [3.8, 4) is 12.0 Å². The molecule has 2 heterocycles. The van der Waals surface area contributed by atoms with E-state index in [0.717, 1.165) is 0 Å². The van der Waals surface area contributed by atoms with Gasteiger partial charge in [-0.05, 0) is 24.3 Å². The molecule has 1 aliphatic heterocycles. The summed E-state index contributed by atoms with van der Waals surface area (Å²) in [6.07, 6.45) is 0. The largest absolute Gasteiger partial charge is 0.467 e. The zero-order chi connectivity index (χ0) is 19.2. The van der Waals surface area contributed by atoms with E-state index in [1.54, 1.807) is 0 Å². The van der Waals surface area contributed by atoms with Crippen LogP contribution in [0.15, 0.2) is 24.3 Å². The Morgan fingerprint density at radius 3 is 2.19 bits per heavy atom. The highest BCUT2D eigenvalue weighted by Crippen LogP contribution is 2.17. The van der Waals surface area contributed by atoms with Gasteiger partial charge in [0.1, 0.15) is 5.82 Å². The first kappa shape index (κ1) is 18.8. The quantitative estimate of drug-likeness (QED) is 0.791. The fourth-order valence-corrected chi connectivity index (χ4v) is 2.69. The van der Waals surface area contributed by atoms with Gasteiger partial charge in [0.25, 0.3) is 0 Å². The fourth-order valence-electron chi connectivity index (χ4n) is 2.69. The van der Waals surface area contributed by atoms with Crippen LogP contribution in [-0.4, -0.2) is 72.7 Å². The van der Waals surface area contributed by atoms with Gasteiger partial charge in [-0.1, -0.05) is 0 Å². The lowest BCUT2D eigenvalue weighted by atomic mass is 10.3. The number of carbonyl (C=O) groups excluding carboxylic acids is 1. The SMILES string of the molecule is COc1nc(OC)nc(N2CCN(CC(=O)Nc3ccc(F)cc3)CC2)n1. The van der Waals surface area contributed by atoms with Crippen molar-refractivity contribution < 1.29 is 18.7 Å². The van der Waals surface area contributed by atoms with Crippen LogP contribution in [0.3, 0.4) is 0 Å². The molecule has 9 nitrogen and oxygen atoms in total. The van der Waals surface area contributed by atoms with Crippen molar-refractivity contribution in [1.29, 1.82) is 0 Å². The highest BCUT2D eigenvalue weighted by molar-refractivity contribution is 5.92. The molecule has 3 rings (SSSR count). The van der Waals surface area contributed by atoms with E-state index < -0.39 is 0 Å². The maximum atomic E-state index is 12.9. The summed E-state index contributed by atoms with van der Waals surface area (Å²) >= 11 is 0. The number of nitrogens with one attached hydrogen (secondary N) is 1. The predicted octanol–water partition coefficient (Wildman–Crippen LogP) is 0.789. The van der Waals surface area contributed by atoms with Gasteiger partial charge < -0.3 is 19.7 Å². The molecule has 0 bridgehead atoms. The molecule has 1 saturated heterocycles. The summed E-state index contributed by atoms with van der Waals surface area (Å²) in [7, 11) is 2.96. The number of halogens is 1. The normalized spacial score (nSPS) is 14.7. The Kier molecular flexibility index (Phi) is 5.97. The van der Waals surface area contributed by atoms with Crippen LogP contribution in [0.1, 0.15) is 0 Å². The number of piperazine rings is 1. The van der Waals surface area contributed by atoms with Crippen molar-refractivity contribution >= 4 is 17.5 Å². The van der Waals surface area contributed by atoms with E-state index >= 15 is 0 Å². The van der Waals surface area contributed by atoms with Crippen LogP contribution in [0.25, 0.3) is 0 Å². The van der Waals surface area contributed by atoms with Crippen molar-refractivity contribution in [2.75, 3.05) is 57.2 Å². The van der Waals surface area contributed by atoms with Crippen LogP contribution in [0.5, 0.6) is 12.0 Å². The van der Waals surface area contributed by atoms with Crippen molar-refractivity contribution in [3.63, 3.8) is 0 Å². The van der Waals surface area contributed by atoms with Gasteiger partial charge in [-0.25, -0.2) is 4.39 Å². The van der Waals surface area contributed by atoms with Crippen LogP contribution in [0, 0.1) is 5.82 Å². The molecule has 1 aromatic carbocycles. The Hall–Kier alpha value is -3.01. The lowest BCUT2D eigenvalue weighted by Crippen LogP contribution is -2.49. The van der Waals surface area contributed by atoms with Crippen molar-refractivity contribution in [1.82, 2.24) is 19.9 Å². The second-order valence-corrected chi connectivity index (χ2v) is 5.93. The summed E-state index contributed by atoms with van der Waals surface area (Å²) in [5, 5.41) is 2.76. The van der Waals surface area contributed by atoms with Gasteiger partial charge in [0.15, 0.2) is 0 Å². The molecule has 0 saturated carbocycles. The van der Waals surface area contributed by atoms with Crippen LogP contribution in [-0.2, 0) is 4.79 Å². The summed E-state index contributed by atoms with van der Waals surface area (Å²) in [4.78, 5) is 28.7. The van der Waals surface area contributed by atoms with Crippen molar-refractivity contribution in [3.05, 3.63) is 30.1 Å². The monoisotopic (exact) mass is 376 g/mol. The van der Waals surface area contributed by atoms with Crippen LogP contribution < -0.4 is 19.7 Å². The van der Waals surface area contributed by atoms with Crippen LogP contribution in [0.2, 0.25) is 0 Å². The topological polar surface area (TPSA) is 92.7 Å². The molecule has 2 aromatic rings. The molecule has 27 heavy (non-hydrogen) atoms.